The molecule has 0 aliphatic carbocycles. The Morgan fingerprint density at radius 1 is 1.50 bits per heavy atom. The van der Waals surface area contributed by atoms with Crippen LogP contribution in [0.2, 0.25) is 0 Å². The Balaban J connectivity index is 2.91. The summed E-state index contributed by atoms with van der Waals surface area (Å²) in [4.78, 5) is 0. The average Bonchev–Trinajstić information content (AvgIpc) is 2.52. The van der Waals surface area contributed by atoms with Gasteiger partial charge in [0.25, 0.3) is 0 Å². The smallest absolute Gasteiger partial charge is 0.0998 e. The number of fused-ring (bicyclic) bond motifs is 1. The van der Waals surface area contributed by atoms with E-state index in [1.807, 2.05) is 12.1 Å². The first-order valence-electron chi connectivity index (χ1n) is 3.98. The minimum Gasteiger partial charge on any atom is -0.392 e. The van der Waals surface area contributed by atoms with E-state index in [0.717, 1.165) is 18.5 Å². The third kappa shape index (κ3) is 1.41. The quantitative estimate of drug-likeness (QED) is 0.823. The molecule has 0 unspecified atom stereocenters. The molecule has 0 amide bonds. The SMILES string of the molecule is N#Cc1cccc2sc(I)c(CO)c12. The highest BCUT2D eigenvalue weighted by Gasteiger charge is 2.12. The molecule has 14 heavy (non-hydrogen) atoms. The predicted molar refractivity (Wildman–Crippen MR) is 65.2 cm³/mol. The summed E-state index contributed by atoms with van der Waals surface area (Å²) in [7, 11) is 0. The third-order valence-electron chi connectivity index (χ3n) is 2.04. The molecule has 0 atom stereocenters. The van der Waals surface area contributed by atoms with Gasteiger partial charge in [0.2, 0.25) is 0 Å². The van der Waals surface area contributed by atoms with Crippen molar-refractivity contribution >= 4 is 44.0 Å². The summed E-state index contributed by atoms with van der Waals surface area (Å²) in [5.41, 5.74) is 1.52. The molecule has 2 rings (SSSR count). The molecule has 4 heteroatoms. The summed E-state index contributed by atoms with van der Waals surface area (Å²) in [6.45, 7) is -0.00301. The largest absolute Gasteiger partial charge is 0.392 e. The van der Waals surface area contributed by atoms with Crippen molar-refractivity contribution in [2.45, 2.75) is 6.61 Å². The molecule has 0 fully saturated rings. The number of rotatable bonds is 1. The molecule has 0 aliphatic rings. The average molecular weight is 315 g/mol. The monoisotopic (exact) mass is 315 g/mol. The fourth-order valence-corrected chi connectivity index (χ4v) is 3.53. The molecule has 2 nitrogen and oxygen atoms in total. The number of halogens is 1. The number of hydrogen-bond donors (Lipinski definition) is 1. The van der Waals surface area contributed by atoms with E-state index in [1.165, 1.54) is 0 Å². The van der Waals surface area contributed by atoms with E-state index in [2.05, 4.69) is 28.7 Å². The van der Waals surface area contributed by atoms with Crippen molar-refractivity contribution in [1.82, 2.24) is 0 Å². The van der Waals surface area contributed by atoms with Crippen LogP contribution in [0.15, 0.2) is 18.2 Å². The highest BCUT2D eigenvalue weighted by Crippen LogP contribution is 2.34. The standard InChI is InChI=1S/C10H6INOS/c11-10-7(5-13)9-6(4-12)2-1-3-8(9)14-10/h1-3,13H,5H2. The minimum atomic E-state index is -0.00301. The van der Waals surface area contributed by atoms with Crippen LogP contribution in [0.1, 0.15) is 11.1 Å². The predicted octanol–water partition coefficient (Wildman–Crippen LogP) is 2.87. The van der Waals surface area contributed by atoms with Gasteiger partial charge in [-0.2, -0.15) is 5.26 Å². The van der Waals surface area contributed by atoms with Crippen LogP contribution in [0.3, 0.4) is 0 Å². The lowest BCUT2D eigenvalue weighted by Crippen LogP contribution is -1.85. The Morgan fingerprint density at radius 2 is 2.29 bits per heavy atom. The Morgan fingerprint density at radius 3 is 2.93 bits per heavy atom. The summed E-state index contributed by atoms with van der Waals surface area (Å²) >= 11 is 3.80. The second-order valence-corrected chi connectivity index (χ2v) is 5.67. The number of nitriles is 1. The Hall–Kier alpha value is -0.640. The van der Waals surface area contributed by atoms with Crippen molar-refractivity contribution in [2.24, 2.45) is 0 Å². The molecule has 0 spiro atoms. The van der Waals surface area contributed by atoms with E-state index in [0.29, 0.717) is 5.56 Å². The molecule has 1 heterocycles. The van der Waals surface area contributed by atoms with Crippen molar-refractivity contribution in [2.75, 3.05) is 0 Å². The van der Waals surface area contributed by atoms with Gasteiger partial charge in [-0.3, -0.25) is 0 Å². The van der Waals surface area contributed by atoms with Gasteiger partial charge < -0.3 is 5.11 Å². The topological polar surface area (TPSA) is 44.0 Å². The lowest BCUT2D eigenvalue weighted by molar-refractivity contribution is 0.283. The molecule has 2 aromatic rings. The first kappa shape index (κ1) is 9.90. The number of thiophene rings is 1. The summed E-state index contributed by atoms with van der Waals surface area (Å²) in [5.74, 6) is 0. The van der Waals surface area contributed by atoms with Crippen LogP contribution in [0.5, 0.6) is 0 Å². The van der Waals surface area contributed by atoms with Gasteiger partial charge in [-0.15, -0.1) is 11.3 Å². The molecule has 0 saturated heterocycles. The third-order valence-corrected chi connectivity index (χ3v) is 4.34. The molecule has 1 aromatic carbocycles. The number of hydrogen-bond acceptors (Lipinski definition) is 3. The normalized spacial score (nSPS) is 10.4. The number of aliphatic hydroxyl groups is 1. The van der Waals surface area contributed by atoms with Crippen LogP contribution in [-0.2, 0) is 6.61 Å². The van der Waals surface area contributed by atoms with Crippen molar-refractivity contribution < 1.29 is 5.11 Å². The van der Waals surface area contributed by atoms with E-state index >= 15 is 0 Å². The fraction of sp³-hybridized carbons (Fsp3) is 0.100. The van der Waals surface area contributed by atoms with Gasteiger partial charge in [0, 0.05) is 15.6 Å². The maximum atomic E-state index is 9.22. The zero-order valence-corrected chi connectivity index (χ0v) is 10.1. The molecule has 0 radical (unpaired) electrons. The van der Waals surface area contributed by atoms with Gasteiger partial charge in [0.15, 0.2) is 0 Å². The van der Waals surface area contributed by atoms with Gasteiger partial charge in [0.05, 0.1) is 21.1 Å². The van der Waals surface area contributed by atoms with Crippen LogP contribution >= 0.6 is 33.9 Å². The Labute approximate surface area is 98.9 Å². The van der Waals surface area contributed by atoms with Gasteiger partial charge in [-0.25, -0.2) is 0 Å². The molecule has 0 bridgehead atoms. The highest BCUT2D eigenvalue weighted by atomic mass is 127. The lowest BCUT2D eigenvalue weighted by atomic mass is 10.1. The first-order valence-corrected chi connectivity index (χ1v) is 5.88. The second-order valence-electron chi connectivity index (χ2n) is 2.80. The maximum absolute atomic E-state index is 9.22. The molecule has 1 aromatic heterocycles. The molecular formula is C10H6INOS. The van der Waals surface area contributed by atoms with Gasteiger partial charge in [-0.1, -0.05) is 6.07 Å². The zero-order chi connectivity index (χ0) is 10.1. The molecular weight excluding hydrogens is 309 g/mol. The zero-order valence-electron chi connectivity index (χ0n) is 7.12. The molecule has 1 N–H and O–H groups in total. The van der Waals surface area contributed by atoms with Crippen LogP contribution in [0.4, 0.5) is 0 Å². The van der Waals surface area contributed by atoms with Crippen LogP contribution in [0.25, 0.3) is 10.1 Å². The van der Waals surface area contributed by atoms with Crippen LogP contribution in [-0.4, -0.2) is 5.11 Å². The minimum absolute atomic E-state index is 0.00301. The van der Waals surface area contributed by atoms with Crippen LogP contribution in [0, 0.1) is 14.2 Å². The first-order chi connectivity index (χ1) is 6.77. The van der Waals surface area contributed by atoms with Crippen molar-refractivity contribution in [1.29, 1.82) is 5.26 Å². The lowest BCUT2D eigenvalue weighted by Gasteiger charge is -1.96. The summed E-state index contributed by atoms with van der Waals surface area (Å²) in [5, 5.41) is 19.1. The molecule has 0 aliphatic heterocycles. The molecule has 70 valence electrons. The van der Waals surface area contributed by atoms with Crippen LogP contribution < -0.4 is 0 Å². The number of aliphatic hydroxyl groups excluding tert-OH is 1. The van der Waals surface area contributed by atoms with Gasteiger partial charge in [-0.05, 0) is 34.7 Å². The van der Waals surface area contributed by atoms with Gasteiger partial charge >= 0.3 is 0 Å². The Bertz CT molecular complexity index is 527. The maximum Gasteiger partial charge on any atom is 0.0998 e. The number of nitrogens with zero attached hydrogens (tertiary/aromatic N) is 1. The van der Waals surface area contributed by atoms with Crippen molar-refractivity contribution in [3.63, 3.8) is 0 Å². The van der Waals surface area contributed by atoms with Crippen molar-refractivity contribution in [3.8, 4) is 6.07 Å². The number of benzene rings is 1. The van der Waals surface area contributed by atoms with E-state index in [9.17, 15) is 5.11 Å². The Kier molecular flexibility index (Phi) is 2.72. The summed E-state index contributed by atoms with van der Waals surface area (Å²) in [6, 6.07) is 7.78. The van der Waals surface area contributed by atoms with Crippen molar-refractivity contribution in [3.05, 3.63) is 32.2 Å². The van der Waals surface area contributed by atoms with E-state index < -0.39 is 0 Å². The molecule has 0 saturated carbocycles. The fourth-order valence-electron chi connectivity index (χ4n) is 1.42. The summed E-state index contributed by atoms with van der Waals surface area (Å²) in [6.07, 6.45) is 0. The second kappa shape index (κ2) is 3.85. The van der Waals surface area contributed by atoms with Gasteiger partial charge in [0.1, 0.15) is 0 Å². The highest BCUT2D eigenvalue weighted by molar-refractivity contribution is 14.1. The van der Waals surface area contributed by atoms with E-state index in [-0.39, 0.29) is 6.61 Å². The van der Waals surface area contributed by atoms with E-state index in [4.69, 9.17) is 5.26 Å². The summed E-state index contributed by atoms with van der Waals surface area (Å²) < 4.78 is 2.13. The van der Waals surface area contributed by atoms with E-state index in [1.54, 1.807) is 17.4 Å².